The number of ketones is 1. The Morgan fingerprint density at radius 2 is 1.46 bits per heavy atom. The van der Waals surface area contributed by atoms with Crippen molar-refractivity contribution < 1.29 is 11.3 Å². The summed E-state index contributed by atoms with van der Waals surface area (Å²) in [5.41, 5.74) is 4.27. The molecule has 1 nitrogen and oxygen atoms in total. The van der Waals surface area contributed by atoms with Crippen LogP contribution in [0.1, 0.15) is 16.7 Å². The summed E-state index contributed by atoms with van der Waals surface area (Å²) in [6.07, 6.45) is 4.16. The Labute approximate surface area is 154 Å². The van der Waals surface area contributed by atoms with E-state index in [9.17, 15) is 4.79 Å². The summed E-state index contributed by atoms with van der Waals surface area (Å²) in [7, 11) is 0. The second-order valence-corrected chi connectivity index (χ2v) is 37.0. The minimum atomic E-state index is -3.74. The van der Waals surface area contributed by atoms with Gasteiger partial charge in [-0.3, -0.25) is 0 Å². The van der Waals surface area contributed by atoms with Gasteiger partial charge in [0, 0.05) is 0 Å². The van der Waals surface area contributed by atoms with Crippen LogP contribution in [0.2, 0.25) is 42.8 Å². The molecule has 0 aliphatic carbocycles. The van der Waals surface area contributed by atoms with Crippen molar-refractivity contribution in [1.82, 2.24) is 0 Å². The van der Waals surface area contributed by atoms with E-state index in [-0.39, 0.29) is 4.31 Å². The molecule has 10 saturated heterocycles. The molecule has 10 fully saturated rings. The van der Waals surface area contributed by atoms with Gasteiger partial charge >= 0.3 is 155 Å². The molecule has 0 amide bonds. The van der Waals surface area contributed by atoms with Crippen LogP contribution in [0.3, 0.4) is 0 Å². The number of fused-ring (bicyclic) bond motifs is 10. The summed E-state index contributed by atoms with van der Waals surface area (Å²) >= 11 is 0. The van der Waals surface area contributed by atoms with E-state index in [1.165, 1.54) is 11.1 Å². The summed E-state index contributed by atoms with van der Waals surface area (Å²) in [6.45, 7) is -1.53. The van der Waals surface area contributed by atoms with Crippen molar-refractivity contribution >= 4 is 11.9 Å². The monoisotopic (exact) mass is 406 g/mol. The van der Waals surface area contributed by atoms with Crippen molar-refractivity contribution in [2.45, 2.75) is 54.1 Å². The van der Waals surface area contributed by atoms with Crippen molar-refractivity contribution in [3.8, 4) is 0 Å². The van der Waals surface area contributed by atoms with Gasteiger partial charge in [0.25, 0.3) is 0 Å². The fourth-order valence-electron chi connectivity index (χ4n) is 19.7. The van der Waals surface area contributed by atoms with Crippen LogP contribution >= 0.6 is 0 Å². The molecule has 8 unspecified atom stereocenters. The molecular weight excluding hydrogens is 384 g/mol. The average Bonchev–Trinajstić information content (AvgIpc) is 3.67. The molecule has 2 aromatic carbocycles. The predicted octanol–water partition coefficient (Wildman–Crippen LogP) is 6.44. The van der Waals surface area contributed by atoms with Gasteiger partial charge in [0.15, 0.2) is 0 Å². The summed E-state index contributed by atoms with van der Waals surface area (Å²) in [6, 6.07) is 20.1. The van der Waals surface area contributed by atoms with Crippen LogP contribution in [0, 0.1) is 6.92 Å². The third-order valence-corrected chi connectivity index (χ3v) is 60.7. The number of allylic oxidation sites excluding steroid dienone is 1. The Bertz CT molecular complexity index is 1680. The Morgan fingerprint density at radius 1 is 0.857 bits per heavy atom. The molecule has 12 rings (SSSR count). The third-order valence-electron chi connectivity index (χ3n) is 17.9. The minimum absolute atomic E-state index is 0.268. The van der Waals surface area contributed by atoms with Gasteiger partial charge in [-0.25, -0.2) is 0 Å². The predicted molar refractivity (Wildman–Crippen MR) is 106 cm³/mol. The number of rotatable bonds is 4. The van der Waals surface area contributed by atoms with Gasteiger partial charge in [-0.1, -0.05) is 0 Å². The molecular formula is C26H22FeO. The Balaban J connectivity index is 1.15. The average molecular weight is 406 g/mol. The van der Waals surface area contributed by atoms with Gasteiger partial charge in [0.2, 0.25) is 0 Å². The molecule has 0 radical (unpaired) electrons. The number of hydrogen-bond acceptors (Lipinski definition) is 1. The van der Waals surface area contributed by atoms with Crippen LogP contribution in [0.15, 0.2) is 60.7 Å². The van der Waals surface area contributed by atoms with E-state index in [1.54, 1.807) is 5.56 Å². The zero-order valence-electron chi connectivity index (χ0n) is 15.7. The SMILES string of the molecule is Cc1ccc([C]23[CH]4[CH]5[CH]6[CH]2[Fe]56432789[CH]3[CH]2[CH]7[C]8(C(=O)C=Cc2ccccc2)[CH]39)cc1. The summed E-state index contributed by atoms with van der Waals surface area (Å²) < 4.78 is 0.892. The van der Waals surface area contributed by atoms with Gasteiger partial charge in [-0.2, -0.15) is 0 Å². The van der Waals surface area contributed by atoms with Gasteiger partial charge in [-0.05, 0) is 0 Å². The van der Waals surface area contributed by atoms with E-state index >= 15 is 0 Å². The first-order valence-electron chi connectivity index (χ1n) is 11.0. The molecule has 2 aromatic rings. The number of benzene rings is 2. The normalized spacial score (nSPS) is 79.6. The summed E-state index contributed by atoms with van der Waals surface area (Å²) in [4.78, 5) is 22.6. The van der Waals surface area contributed by atoms with Crippen molar-refractivity contribution in [1.29, 1.82) is 0 Å². The second kappa shape index (κ2) is 1.44. The molecule has 10 aliphatic heterocycles. The van der Waals surface area contributed by atoms with Crippen molar-refractivity contribution in [3.05, 3.63) is 77.4 Å². The zero-order chi connectivity index (χ0) is 18.0. The molecule has 1 spiro atoms. The first kappa shape index (κ1) is 12.2. The molecule has 2 heteroatoms. The Hall–Kier alpha value is -1.63. The second-order valence-electron chi connectivity index (χ2n) is 13.8. The van der Waals surface area contributed by atoms with E-state index in [4.69, 9.17) is 0 Å². The molecule has 0 aromatic heterocycles. The van der Waals surface area contributed by atoms with Gasteiger partial charge in [-0.15, -0.1) is 0 Å². The van der Waals surface area contributed by atoms with Crippen molar-refractivity contribution in [2.75, 3.05) is 0 Å². The van der Waals surface area contributed by atoms with Gasteiger partial charge < -0.3 is 0 Å². The Kier molecular flexibility index (Phi) is 0.624. The standard InChI is InChI=1S/C14H11O.C12H11.Fe/c15-14(13-8-4-5-9-13)11-10-12-6-2-1-3-7-12;1-10-6-8-12(9-7-10)11-4-2-3-5-11;/h1-11H;2-9H,1H3;. The third kappa shape index (κ3) is 0.198. The van der Waals surface area contributed by atoms with Crippen LogP contribution in [-0.4, -0.2) is 5.78 Å². The molecule has 140 valence electrons. The maximum absolute atomic E-state index is 14.0. The topological polar surface area (TPSA) is 17.1 Å². The zero-order valence-corrected chi connectivity index (χ0v) is 16.8. The number of carbonyl (C=O) groups is 1. The fourth-order valence-corrected chi connectivity index (χ4v) is 95.6. The molecule has 0 saturated carbocycles. The van der Waals surface area contributed by atoms with Crippen LogP contribution in [0.4, 0.5) is 0 Å². The molecule has 28 heavy (non-hydrogen) atoms. The first-order valence-corrected chi connectivity index (χ1v) is 17.2. The van der Waals surface area contributed by atoms with E-state index in [2.05, 4.69) is 67.6 Å². The Morgan fingerprint density at radius 3 is 2.04 bits per heavy atom. The van der Waals surface area contributed by atoms with E-state index < -0.39 is 6.51 Å². The number of carbonyl (C=O) groups excluding carboxylic acids is 1. The van der Waals surface area contributed by atoms with Crippen molar-refractivity contribution in [2.24, 2.45) is 0 Å². The maximum atomic E-state index is 14.0. The number of hydrogen-bond donors (Lipinski definition) is 0. The van der Waals surface area contributed by atoms with E-state index in [0.29, 0.717) is 10.1 Å². The van der Waals surface area contributed by atoms with Crippen LogP contribution < -0.4 is 0 Å². The number of aryl methyl sites for hydroxylation is 1. The molecule has 0 N–H and O–H groups in total. The van der Waals surface area contributed by atoms with Gasteiger partial charge in [0.05, 0.1) is 0 Å². The summed E-state index contributed by atoms with van der Waals surface area (Å²) in [5.74, 6) is 0.606. The molecule has 10 aliphatic rings. The summed E-state index contributed by atoms with van der Waals surface area (Å²) in [5, 5.41) is 0. The van der Waals surface area contributed by atoms with Crippen LogP contribution in [0.5, 0.6) is 0 Å². The molecule has 0 bridgehead atoms. The van der Waals surface area contributed by atoms with Crippen molar-refractivity contribution in [3.63, 3.8) is 0 Å². The molecule has 10 heterocycles. The molecule has 8 atom stereocenters. The van der Waals surface area contributed by atoms with Crippen LogP contribution in [-0.2, 0) is 15.6 Å². The fraction of sp³-hybridized carbons (Fsp3) is 0.423. The van der Waals surface area contributed by atoms with E-state index in [0.717, 1.165) is 38.5 Å². The van der Waals surface area contributed by atoms with Gasteiger partial charge in [0.1, 0.15) is 0 Å². The van der Waals surface area contributed by atoms with E-state index in [1.807, 2.05) is 6.08 Å². The van der Waals surface area contributed by atoms with Crippen LogP contribution in [0.25, 0.3) is 6.08 Å². The first-order chi connectivity index (χ1) is 13.4. The quantitative estimate of drug-likeness (QED) is 0.422.